The molecule has 0 atom stereocenters. The first-order chi connectivity index (χ1) is 10.0. The van der Waals surface area contributed by atoms with Gasteiger partial charge in [0, 0.05) is 10.2 Å². The van der Waals surface area contributed by atoms with Gasteiger partial charge in [0.2, 0.25) is 0 Å². The number of carbonyl (C=O) groups is 1. The maximum absolute atomic E-state index is 12.2. The first-order valence-corrected chi connectivity index (χ1v) is 6.63. The molecule has 2 aromatic carbocycles. The van der Waals surface area contributed by atoms with Gasteiger partial charge in [0.15, 0.2) is 0 Å². The molecule has 0 spiro atoms. The second-order valence-corrected chi connectivity index (χ2v) is 4.98. The molecule has 2 rings (SSSR count). The molecule has 0 radical (unpaired) electrons. The van der Waals surface area contributed by atoms with Crippen LogP contribution >= 0.6 is 15.9 Å². The van der Waals surface area contributed by atoms with Crippen molar-refractivity contribution in [2.45, 2.75) is 0 Å². The highest BCUT2D eigenvalue weighted by molar-refractivity contribution is 9.10. The SMILES string of the molecule is NNc1cccc(C(=O)Nc2ccc(Br)cc2)c1[N+](=O)[O-]. The molecule has 0 aliphatic carbocycles. The van der Waals surface area contributed by atoms with E-state index in [-0.39, 0.29) is 16.9 Å². The predicted molar refractivity (Wildman–Crippen MR) is 83.0 cm³/mol. The standard InChI is InChI=1S/C13H11BrN4O3/c14-8-4-6-9(7-5-8)16-13(19)10-2-1-3-11(17-15)12(10)18(20)21/h1-7,17H,15H2,(H,16,19). The molecule has 0 aliphatic rings. The summed E-state index contributed by atoms with van der Waals surface area (Å²) in [6.07, 6.45) is 0. The number of nitrogens with two attached hydrogens (primary N) is 1. The molecule has 1 amide bonds. The zero-order valence-electron chi connectivity index (χ0n) is 10.7. The molecule has 0 heterocycles. The fraction of sp³-hybridized carbons (Fsp3) is 0. The van der Waals surface area contributed by atoms with Crippen molar-refractivity contribution in [3.8, 4) is 0 Å². The Labute approximate surface area is 128 Å². The molecule has 108 valence electrons. The van der Waals surface area contributed by atoms with E-state index < -0.39 is 10.8 Å². The van der Waals surface area contributed by atoms with Crippen molar-refractivity contribution >= 4 is 38.9 Å². The maximum atomic E-state index is 12.2. The van der Waals surface area contributed by atoms with Crippen LogP contribution in [0.15, 0.2) is 46.9 Å². The number of anilines is 2. The van der Waals surface area contributed by atoms with E-state index in [1.54, 1.807) is 24.3 Å². The molecule has 4 N–H and O–H groups in total. The topological polar surface area (TPSA) is 110 Å². The van der Waals surface area contributed by atoms with Crippen LogP contribution in [0.5, 0.6) is 0 Å². The number of amides is 1. The Bertz CT molecular complexity index is 688. The van der Waals surface area contributed by atoms with Crippen molar-refractivity contribution in [2.75, 3.05) is 10.7 Å². The second kappa shape index (κ2) is 6.33. The highest BCUT2D eigenvalue weighted by atomic mass is 79.9. The van der Waals surface area contributed by atoms with Gasteiger partial charge in [-0.05, 0) is 36.4 Å². The van der Waals surface area contributed by atoms with Crippen molar-refractivity contribution in [3.63, 3.8) is 0 Å². The quantitative estimate of drug-likeness (QED) is 0.446. The molecule has 2 aromatic rings. The number of nitrogen functional groups attached to an aromatic ring is 1. The van der Waals surface area contributed by atoms with Crippen molar-refractivity contribution in [1.29, 1.82) is 0 Å². The first kappa shape index (κ1) is 14.9. The van der Waals surface area contributed by atoms with Crippen molar-refractivity contribution in [2.24, 2.45) is 5.84 Å². The van der Waals surface area contributed by atoms with Gasteiger partial charge < -0.3 is 10.7 Å². The van der Waals surface area contributed by atoms with Crippen LogP contribution in [-0.2, 0) is 0 Å². The number of nitro groups is 1. The zero-order chi connectivity index (χ0) is 15.4. The number of nitrogens with zero attached hydrogens (tertiary/aromatic N) is 1. The normalized spacial score (nSPS) is 10.0. The van der Waals surface area contributed by atoms with Crippen LogP contribution in [0.4, 0.5) is 17.1 Å². The molecule has 0 aliphatic heterocycles. The lowest BCUT2D eigenvalue weighted by atomic mass is 10.1. The Morgan fingerprint density at radius 2 is 1.86 bits per heavy atom. The summed E-state index contributed by atoms with van der Waals surface area (Å²) < 4.78 is 0.862. The summed E-state index contributed by atoms with van der Waals surface area (Å²) >= 11 is 3.28. The van der Waals surface area contributed by atoms with E-state index >= 15 is 0 Å². The lowest BCUT2D eigenvalue weighted by Gasteiger charge is -2.08. The lowest BCUT2D eigenvalue weighted by Crippen LogP contribution is -2.16. The number of hydrogen-bond acceptors (Lipinski definition) is 5. The summed E-state index contributed by atoms with van der Waals surface area (Å²) in [5.41, 5.74) is 2.38. The molecule has 0 bridgehead atoms. The first-order valence-electron chi connectivity index (χ1n) is 5.84. The molecule has 7 nitrogen and oxygen atoms in total. The monoisotopic (exact) mass is 350 g/mol. The molecule has 0 aromatic heterocycles. The van der Waals surface area contributed by atoms with E-state index in [0.29, 0.717) is 5.69 Å². The summed E-state index contributed by atoms with van der Waals surface area (Å²) in [7, 11) is 0. The van der Waals surface area contributed by atoms with E-state index in [9.17, 15) is 14.9 Å². The van der Waals surface area contributed by atoms with Gasteiger partial charge in [0.1, 0.15) is 11.3 Å². The minimum absolute atomic E-state index is 0.0710. The number of hydrazine groups is 1. The number of nitrogens with one attached hydrogen (secondary N) is 2. The number of para-hydroxylation sites is 1. The number of benzene rings is 2. The average molecular weight is 351 g/mol. The predicted octanol–water partition coefficient (Wildman–Crippen LogP) is 2.90. The Balaban J connectivity index is 2.35. The molecule has 21 heavy (non-hydrogen) atoms. The van der Waals surface area contributed by atoms with Crippen LogP contribution in [0.25, 0.3) is 0 Å². The summed E-state index contributed by atoms with van der Waals surface area (Å²) in [5.74, 6) is 4.65. The Kier molecular flexibility index (Phi) is 4.51. The molecular weight excluding hydrogens is 340 g/mol. The number of hydrogen-bond donors (Lipinski definition) is 3. The van der Waals surface area contributed by atoms with Crippen LogP contribution in [0.2, 0.25) is 0 Å². The summed E-state index contributed by atoms with van der Waals surface area (Å²) in [6, 6.07) is 11.2. The fourth-order valence-electron chi connectivity index (χ4n) is 1.77. The minimum atomic E-state index is -0.647. The third-order valence-electron chi connectivity index (χ3n) is 2.72. The molecule has 8 heteroatoms. The molecule has 0 unspecified atom stereocenters. The average Bonchev–Trinajstić information content (AvgIpc) is 2.48. The van der Waals surface area contributed by atoms with E-state index in [1.165, 1.54) is 18.2 Å². The van der Waals surface area contributed by atoms with Crippen LogP contribution < -0.4 is 16.6 Å². The van der Waals surface area contributed by atoms with Gasteiger partial charge in [-0.2, -0.15) is 0 Å². The Morgan fingerprint density at radius 1 is 1.19 bits per heavy atom. The number of rotatable bonds is 4. The molecule has 0 fully saturated rings. The minimum Gasteiger partial charge on any atom is -0.322 e. The second-order valence-electron chi connectivity index (χ2n) is 4.06. The largest absolute Gasteiger partial charge is 0.322 e. The third kappa shape index (κ3) is 3.36. The van der Waals surface area contributed by atoms with Gasteiger partial charge in [-0.25, -0.2) is 0 Å². The van der Waals surface area contributed by atoms with Gasteiger partial charge in [-0.1, -0.05) is 22.0 Å². The highest BCUT2D eigenvalue weighted by Gasteiger charge is 2.24. The van der Waals surface area contributed by atoms with Gasteiger partial charge >= 0.3 is 5.69 Å². The van der Waals surface area contributed by atoms with Crippen molar-refractivity contribution in [1.82, 2.24) is 0 Å². The summed E-state index contributed by atoms with van der Waals surface area (Å²) in [4.78, 5) is 22.7. The molecule has 0 saturated carbocycles. The van der Waals surface area contributed by atoms with E-state index in [1.807, 2.05) is 0 Å². The van der Waals surface area contributed by atoms with Gasteiger partial charge in [-0.3, -0.25) is 20.8 Å². The van der Waals surface area contributed by atoms with E-state index in [4.69, 9.17) is 5.84 Å². The van der Waals surface area contributed by atoms with Crippen molar-refractivity contribution in [3.05, 3.63) is 62.6 Å². The summed E-state index contributed by atoms with van der Waals surface area (Å²) in [6.45, 7) is 0. The number of halogens is 1. The smallest absolute Gasteiger partial charge is 0.306 e. The highest BCUT2D eigenvalue weighted by Crippen LogP contribution is 2.28. The Morgan fingerprint density at radius 3 is 2.43 bits per heavy atom. The zero-order valence-corrected chi connectivity index (χ0v) is 12.3. The van der Waals surface area contributed by atoms with Crippen molar-refractivity contribution < 1.29 is 9.72 Å². The molecular formula is C13H11BrN4O3. The molecule has 0 saturated heterocycles. The number of nitro benzene ring substituents is 1. The fourth-order valence-corrected chi connectivity index (χ4v) is 2.04. The Hall–Kier alpha value is -2.45. The van der Waals surface area contributed by atoms with Crippen LogP contribution in [-0.4, -0.2) is 10.8 Å². The van der Waals surface area contributed by atoms with Gasteiger partial charge in [0.05, 0.1) is 4.92 Å². The number of carbonyl (C=O) groups excluding carboxylic acids is 1. The van der Waals surface area contributed by atoms with E-state index in [0.717, 1.165) is 4.47 Å². The summed E-state index contributed by atoms with van der Waals surface area (Å²) in [5, 5.41) is 13.7. The van der Waals surface area contributed by atoms with Crippen LogP contribution in [0, 0.1) is 10.1 Å². The van der Waals surface area contributed by atoms with E-state index in [2.05, 4.69) is 26.7 Å². The lowest BCUT2D eigenvalue weighted by molar-refractivity contribution is -0.384. The van der Waals surface area contributed by atoms with Gasteiger partial charge in [-0.15, -0.1) is 0 Å². The van der Waals surface area contributed by atoms with Crippen LogP contribution in [0.1, 0.15) is 10.4 Å². The van der Waals surface area contributed by atoms with Gasteiger partial charge in [0.25, 0.3) is 5.91 Å². The third-order valence-corrected chi connectivity index (χ3v) is 3.25. The maximum Gasteiger partial charge on any atom is 0.306 e. The van der Waals surface area contributed by atoms with Crippen LogP contribution in [0.3, 0.4) is 0 Å².